The van der Waals surface area contributed by atoms with Crippen LogP contribution < -0.4 is 0 Å². The zero-order valence-electron chi connectivity index (χ0n) is 10.7. The first-order valence-electron chi connectivity index (χ1n) is 5.88. The molecule has 0 fully saturated rings. The molecule has 100 valence electrons. The van der Waals surface area contributed by atoms with Gasteiger partial charge in [-0.15, -0.1) is 0 Å². The Bertz CT molecular complexity index is 596. The van der Waals surface area contributed by atoms with Crippen molar-refractivity contribution < 1.29 is 9.90 Å². The SMILES string of the molecule is CCc1nsc(SCc2ccc(C(=O)O)cc2C)n1. The molecule has 1 heterocycles. The van der Waals surface area contributed by atoms with Gasteiger partial charge in [-0.05, 0) is 41.7 Å². The van der Waals surface area contributed by atoms with Gasteiger partial charge in [-0.25, -0.2) is 9.78 Å². The monoisotopic (exact) mass is 294 g/mol. The van der Waals surface area contributed by atoms with Crippen LogP contribution in [0.1, 0.15) is 34.2 Å². The molecule has 0 saturated carbocycles. The van der Waals surface area contributed by atoms with Crippen LogP contribution in [0.25, 0.3) is 0 Å². The highest BCUT2D eigenvalue weighted by molar-refractivity contribution is 8.00. The van der Waals surface area contributed by atoms with Crippen molar-refractivity contribution in [1.29, 1.82) is 0 Å². The standard InChI is InChI=1S/C13H14N2O2S2/c1-3-11-14-13(19-15-11)18-7-10-5-4-9(12(16)17)6-8(10)2/h4-6H,3,7H2,1-2H3,(H,16,17). The van der Waals surface area contributed by atoms with E-state index < -0.39 is 5.97 Å². The Kier molecular flexibility index (Phi) is 4.55. The van der Waals surface area contributed by atoms with E-state index in [0.29, 0.717) is 5.56 Å². The van der Waals surface area contributed by atoms with Crippen molar-refractivity contribution >= 4 is 29.3 Å². The zero-order valence-corrected chi connectivity index (χ0v) is 12.3. The number of hydrogen-bond acceptors (Lipinski definition) is 5. The lowest BCUT2D eigenvalue weighted by molar-refractivity contribution is 0.0697. The molecule has 19 heavy (non-hydrogen) atoms. The largest absolute Gasteiger partial charge is 0.478 e. The molecule has 0 unspecified atom stereocenters. The number of benzene rings is 1. The first-order chi connectivity index (χ1) is 9.10. The number of aromatic nitrogens is 2. The average molecular weight is 294 g/mol. The Morgan fingerprint density at radius 3 is 2.84 bits per heavy atom. The molecular weight excluding hydrogens is 280 g/mol. The molecule has 6 heteroatoms. The van der Waals surface area contributed by atoms with Crippen molar-refractivity contribution in [1.82, 2.24) is 9.36 Å². The number of nitrogens with zero attached hydrogens (tertiary/aromatic N) is 2. The second-order valence-corrected chi connectivity index (χ2v) is 6.04. The second kappa shape index (κ2) is 6.16. The summed E-state index contributed by atoms with van der Waals surface area (Å²) in [5.74, 6) is 0.772. The number of aryl methyl sites for hydroxylation is 2. The van der Waals surface area contributed by atoms with Gasteiger partial charge in [-0.3, -0.25) is 0 Å². The lowest BCUT2D eigenvalue weighted by Crippen LogP contribution is -1.98. The van der Waals surface area contributed by atoms with Gasteiger partial charge in [0.1, 0.15) is 5.82 Å². The highest BCUT2D eigenvalue weighted by atomic mass is 32.2. The summed E-state index contributed by atoms with van der Waals surface area (Å²) in [5.41, 5.74) is 2.45. The van der Waals surface area contributed by atoms with Crippen LogP contribution in [0.5, 0.6) is 0 Å². The molecule has 0 aliphatic carbocycles. The molecule has 1 N–H and O–H groups in total. The van der Waals surface area contributed by atoms with Gasteiger partial charge in [0.15, 0.2) is 4.34 Å². The fourth-order valence-corrected chi connectivity index (χ4v) is 3.34. The molecule has 0 spiro atoms. The number of thioether (sulfide) groups is 1. The van der Waals surface area contributed by atoms with Gasteiger partial charge < -0.3 is 5.11 Å². The van der Waals surface area contributed by atoms with Crippen molar-refractivity contribution in [3.8, 4) is 0 Å². The molecule has 0 amide bonds. The number of carboxylic acid groups (broad SMARTS) is 1. The van der Waals surface area contributed by atoms with E-state index in [1.54, 1.807) is 23.9 Å². The fraction of sp³-hybridized carbons (Fsp3) is 0.308. The molecule has 4 nitrogen and oxygen atoms in total. The molecule has 0 atom stereocenters. The van der Waals surface area contributed by atoms with Gasteiger partial charge in [0.05, 0.1) is 5.56 Å². The number of aromatic carboxylic acids is 1. The molecule has 0 radical (unpaired) electrons. The van der Waals surface area contributed by atoms with Crippen LogP contribution in [0.2, 0.25) is 0 Å². The number of carboxylic acids is 1. The summed E-state index contributed by atoms with van der Waals surface area (Å²) in [5, 5.41) is 8.92. The summed E-state index contributed by atoms with van der Waals surface area (Å²) in [6.07, 6.45) is 0.851. The Morgan fingerprint density at radius 1 is 1.47 bits per heavy atom. The van der Waals surface area contributed by atoms with E-state index in [4.69, 9.17) is 5.11 Å². The normalized spacial score (nSPS) is 10.6. The Hall–Kier alpha value is -1.40. The maximum atomic E-state index is 10.9. The van der Waals surface area contributed by atoms with Crippen molar-refractivity contribution in [2.45, 2.75) is 30.4 Å². The van der Waals surface area contributed by atoms with Crippen molar-refractivity contribution in [3.63, 3.8) is 0 Å². The van der Waals surface area contributed by atoms with Gasteiger partial charge in [0.25, 0.3) is 0 Å². The van der Waals surface area contributed by atoms with Crippen molar-refractivity contribution in [2.75, 3.05) is 0 Å². The predicted molar refractivity (Wildman–Crippen MR) is 77.0 cm³/mol. The Balaban J connectivity index is 2.05. The maximum Gasteiger partial charge on any atom is 0.335 e. The van der Waals surface area contributed by atoms with Crippen LogP contribution in [0.3, 0.4) is 0 Å². The van der Waals surface area contributed by atoms with E-state index in [2.05, 4.69) is 9.36 Å². The van der Waals surface area contributed by atoms with Crippen molar-refractivity contribution in [3.05, 3.63) is 40.7 Å². The minimum Gasteiger partial charge on any atom is -0.478 e. The third-order valence-corrected chi connectivity index (χ3v) is 4.63. The first kappa shape index (κ1) is 14.0. The van der Waals surface area contributed by atoms with Crippen LogP contribution in [-0.4, -0.2) is 20.4 Å². The highest BCUT2D eigenvalue weighted by Crippen LogP contribution is 2.26. The summed E-state index contributed by atoms with van der Waals surface area (Å²) in [7, 11) is 0. The molecule has 2 rings (SSSR count). The lowest BCUT2D eigenvalue weighted by atomic mass is 10.1. The fourth-order valence-electron chi connectivity index (χ4n) is 1.57. The number of rotatable bonds is 5. The molecule has 0 saturated heterocycles. The van der Waals surface area contributed by atoms with Gasteiger partial charge in [0.2, 0.25) is 0 Å². The number of carbonyl (C=O) groups is 1. The minimum atomic E-state index is -0.890. The summed E-state index contributed by atoms with van der Waals surface area (Å²) in [6, 6.07) is 5.21. The lowest BCUT2D eigenvalue weighted by Gasteiger charge is -2.05. The zero-order chi connectivity index (χ0) is 13.8. The summed E-state index contributed by atoms with van der Waals surface area (Å²) < 4.78 is 5.20. The smallest absolute Gasteiger partial charge is 0.335 e. The molecule has 1 aromatic heterocycles. The van der Waals surface area contributed by atoms with E-state index in [-0.39, 0.29) is 0 Å². The predicted octanol–water partition coefficient (Wildman–Crippen LogP) is 3.40. The van der Waals surface area contributed by atoms with E-state index in [9.17, 15) is 4.79 Å². The second-order valence-electron chi connectivity index (χ2n) is 4.07. The van der Waals surface area contributed by atoms with Crippen LogP contribution in [0.15, 0.2) is 22.5 Å². The van der Waals surface area contributed by atoms with E-state index >= 15 is 0 Å². The molecule has 0 aliphatic rings. The summed E-state index contributed by atoms with van der Waals surface area (Å²) in [6.45, 7) is 3.96. The van der Waals surface area contributed by atoms with Gasteiger partial charge in [-0.1, -0.05) is 24.8 Å². The number of hydrogen-bond donors (Lipinski definition) is 1. The molecule has 0 bridgehead atoms. The van der Waals surface area contributed by atoms with Crippen molar-refractivity contribution in [2.24, 2.45) is 0 Å². The van der Waals surface area contributed by atoms with E-state index in [0.717, 1.165) is 33.5 Å². The van der Waals surface area contributed by atoms with Gasteiger partial charge in [-0.2, -0.15) is 4.37 Å². The molecule has 1 aromatic carbocycles. The summed E-state index contributed by atoms with van der Waals surface area (Å²) >= 11 is 3.05. The van der Waals surface area contributed by atoms with Crippen LogP contribution in [0.4, 0.5) is 0 Å². The van der Waals surface area contributed by atoms with Crippen LogP contribution in [-0.2, 0) is 12.2 Å². The van der Waals surface area contributed by atoms with Gasteiger partial charge in [0, 0.05) is 12.2 Å². The third-order valence-electron chi connectivity index (χ3n) is 2.71. The molecule has 2 aromatic rings. The van der Waals surface area contributed by atoms with Crippen LogP contribution >= 0.6 is 23.3 Å². The topological polar surface area (TPSA) is 63.1 Å². The molecular formula is C13H14N2O2S2. The van der Waals surface area contributed by atoms with E-state index in [1.165, 1.54) is 11.5 Å². The quantitative estimate of drug-likeness (QED) is 0.856. The Morgan fingerprint density at radius 2 is 2.26 bits per heavy atom. The Labute approximate surface area is 120 Å². The first-order valence-corrected chi connectivity index (χ1v) is 7.64. The van der Waals surface area contributed by atoms with E-state index in [1.807, 2.05) is 19.9 Å². The third kappa shape index (κ3) is 3.54. The molecule has 0 aliphatic heterocycles. The minimum absolute atomic E-state index is 0.329. The van der Waals surface area contributed by atoms with Gasteiger partial charge >= 0.3 is 5.97 Å². The summed E-state index contributed by atoms with van der Waals surface area (Å²) in [4.78, 5) is 15.3. The highest BCUT2D eigenvalue weighted by Gasteiger charge is 2.08. The van der Waals surface area contributed by atoms with Crippen LogP contribution in [0, 0.1) is 6.92 Å². The maximum absolute atomic E-state index is 10.9. The average Bonchev–Trinajstić information content (AvgIpc) is 2.85.